The van der Waals surface area contributed by atoms with Gasteiger partial charge in [-0.15, -0.1) is 0 Å². The van der Waals surface area contributed by atoms with Crippen LogP contribution in [0.3, 0.4) is 0 Å². The van der Waals surface area contributed by atoms with Gasteiger partial charge in [-0.3, -0.25) is 9.59 Å². The number of nitrogens with one attached hydrogen (secondary N) is 1. The molecule has 0 atom stereocenters. The second-order valence-corrected chi connectivity index (χ2v) is 7.63. The van der Waals surface area contributed by atoms with Crippen LogP contribution in [0.2, 0.25) is 0 Å². The first-order valence-electron chi connectivity index (χ1n) is 10.2. The molecule has 5 heteroatoms. The van der Waals surface area contributed by atoms with Crippen LogP contribution in [0.1, 0.15) is 33.6 Å². The number of fused-ring (bicyclic) bond motifs is 2. The van der Waals surface area contributed by atoms with Crippen molar-refractivity contribution in [1.29, 1.82) is 0 Å². The third-order valence-corrected chi connectivity index (χ3v) is 5.61. The van der Waals surface area contributed by atoms with E-state index in [4.69, 9.17) is 0 Å². The molecule has 1 aliphatic rings. The minimum Gasteiger partial charge on any atom is -0.321 e. The van der Waals surface area contributed by atoms with Gasteiger partial charge in [0.15, 0.2) is 5.69 Å². The minimum atomic E-state index is -0.314. The average molecular weight is 395 g/mol. The highest BCUT2D eigenvalue weighted by Crippen LogP contribution is 2.25. The Kier molecular flexibility index (Phi) is 4.64. The monoisotopic (exact) mass is 395 g/mol. The maximum absolute atomic E-state index is 13.2. The van der Waals surface area contributed by atoms with Crippen molar-refractivity contribution in [3.8, 4) is 0 Å². The van der Waals surface area contributed by atoms with Gasteiger partial charge in [-0.1, -0.05) is 54.6 Å². The minimum absolute atomic E-state index is 0.205. The van der Waals surface area contributed by atoms with Gasteiger partial charge in [-0.05, 0) is 54.2 Å². The molecule has 3 aromatic carbocycles. The number of nitrogens with zero attached hydrogens (tertiary/aromatic N) is 2. The molecule has 0 spiro atoms. The Hall–Kier alpha value is -3.73. The van der Waals surface area contributed by atoms with Crippen molar-refractivity contribution < 1.29 is 4.79 Å². The van der Waals surface area contributed by atoms with Gasteiger partial charge in [0.05, 0.1) is 11.9 Å². The summed E-state index contributed by atoms with van der Waals surface area (Å²) in [5.41, 5.74) is 4.40. The van der Waals surface area contributed by atoms with Gasteiger partial charge in [0.1, 0.15) is 0 Å². The van der Waals surface area contributed by atoms with Crippen molar-refractivity contribution in [1.82, 2.24) is 9.78 Å². The Bertz CT molecular complexity index is 1310. The third-order valence-electron chi connectivity index (χ3n) is 5.61. The van der Waals surface area contributed by atoms with Crippen molar-refractivity contribution in [3.05, 3.63) is 106 Å². The van der Waals surface area contributed by atoms with Crippen molar-refractivity contribution >= 4 is 22.4 Å². The van der Waals surface area contributed by atoms with E-state index < -0.39 is 0 Å². The van der Waals surface area contributed by atoms with Crippen molar-refractivity contribution in [2.75, 3.05) is 5.32 Å². The number of aromatic nitrogens is 2. The number of aryl methyl sites for hydroxylation is 2. The lowest BCUT2D eigenvalue weighted by molar-refractivity contribution is 0.102. The highest BCUT2D eigenvalue weighted by atomic mass is 16.2. The Balaban J connectivity index is 1.55. The van der Waals surface area contributed by atoms with E-state index in [2.05, 4.69) is 16.5 Å². The summed E-state index contributed by atoms with van der Waals surface area (Å²) in [6.07, 6.45) is 3.30. The summed E-state index contributed by atoms with van der Waals surface area (Å²) in [7, 11) is 0. The van der Waals surface area contributed by atoms with Crippen LogP contribution in [0.25, 0.3) is 10.8 Å². The van der Waals surface area contributed by atoms with E-state index in [-0.39, 0.29) is 17.2 Å². The molecular weight excluding hydrogens is 374 g/mol. The molecule has 0 aliphatic heterocycles. The highest BCUT2D eigenvalue weighted by Gasteiger charge is 2.18. The summed E-state index contributed by atoms with van der Waals surface area (Å²) in [6, 6.07) is 22.8. The second-order valence-electron chi connectivity index (χ2n) is 7.63. The Labute approximate surface area is 174 Å². The molecule has 1 aromatic heterocycles. The molecule has 5 nitrogen and oxygen atoms in total. The predicted molar refractivity (Wildman–Crippen MR) is 118 cm³/mol. The van der Waals surface area contributed by atoms with E-state index in [9.17, 15) is 9.59 Å². The summed E-state index contributed by atoms with van der Waals surface area (Å²) < 4.78 is 1.37. The van der Waals surface area contributed by atoms with Crippen molar-refractivity contribution in [3.63, 3.8) is 0 Å². The number of anilines is 1. The van der Waals surface area contributed by atoms with E-state index in [0.717, 1.165) is 30.5 Å². The summed E-state index contributed by atoms with van der Waals surface area (Å²) in [4.78, 5) is 26.1. The number of carbonyl (C=O) groups is 1. The first kappa shape index (κ1) is 18.3. The van der Waals surface area contributed by atoms with Crippen LogP contribution in [0.15, 0.2) is 77.6 Å². The standard InChI is InChI=1S/C25H21N3O2/c29-24(26-20-14-13-18-9-6-10-19(18)15-20)23-21-11-4-5-12-22(21)25(30)28(27-23)16-17-7-2-1-3-8-17/h1-5,7-8,11-15H,6,9-10,16H2,(H,26,29). The lowest BCUT2D eigenvalue weighted by Crippen LogP contribution is -2.28. The lowest BCUT2D eigenvalue weighted by atomic mass is 10.1. The van der Waals surface area contributed by atoms with Crippen LogP contribution in [0.4, 0.5) is 5.69 Å². The van der Waals surface area contributed by atoms with E-state index in [1.54, 1.807) is 18.2 Å². The fourth-order valence-corrected chi connectivity index (χ4v) is 4.11. The molecule has 0 radical (unpaired) electrons. The molecule has 0 bridgehead atoms. The summed E-state index contributed by atoms with van der Waals surface area (Å²) in [5.74, 6) is -0.314. The van der Waals surface area contributed by atoms with Crippen LogP contribution in [0.5, 0.6) is 0 Å². The fraction of sp³-hybridized carbons (Fsp3) is 0.160. The lowest BCUT2D eigenvalue weighted by Gasteiger charge is -2.12. The van der Waals surface area contributed by atoms with Crippen LogP contribution >= 0.6 is 0 Å². The van der Waals surface area contributed by atoms with Crippen LogP contribution in [0, 0.1) is 0 Å². The molecule has 0 saturated carbocycles. The van der Waals surface area contributed by atoms with Gasteiger partial charge in [0, 0.05) is 11.1 Å². The molecule has 4 aromatic rings. The van der Waals surface area contributed by atoms with Gasteiger partial charge < -0.3 is 5.32 Å². The Morgan fingerprint density at radius 2 is 1.63 bits per heavy atom. The number of benzene rings is 3. The highest BCUT2D eigenvalue weighted by molar-refractivity contribution is 6.11. The van der Waals surface area contributed by atoms with E-state index in [0.29, 0.717) is 17.3 Å². The molecule has 148 valence electrons. The summed E-state index contributed by atoms with van der Waals surface area (Å²) >= 11 is 0. The predicted octanol–water partition coefficient (Wildman–Crippen LogP) is 4.19. The molecule has 0 saturated heterocycles. The van der Waals surface area contributed by atoms with Crippen LogP contribution in [-0.2, 0) is 19.4 Å². The fourth-order valence-electron chi connectivity index (χ4n) is 4.11. The molecular formula is C25H21N3O2. The molecule has 0 unspecified atom stereocenters. The van der Waals surface area contributed by atoms with Gasteiger partial charge in [0.25, 0.3) is 11.5 Å². The number of amides is 1. The average Bonchev–Trinajstić information content (AvgIpc) is 3.24. The van der Waals surface area contributed by atoms with Crippen LogP contribution < -0.4 is 10.9 Å². The van der Waals surface area contributed by atoms with E-state index in [1.165, 1.54) is 15.8 Å². The third kappa shape index (κ3) is 3.39. The molecule has 0 fully saturated rings. The van der Waals surface area contributed by atoms with Gasteiger partial charge in [0.2, 0.25) is 0 Å². The first-order chi connectivity index (χ1) is 14.7. The normalized spacial score (nSPS) is 12.7. The molecule has 30 heavy (non-hydrogen) atoms. The SMILES string of the molecule is O=C(Nc1ccc2c(c1)CCC2)c1nn(Cc2ccccc2)c(=O)c2ccccc12. The molecule has 1 N–H and O–H groups in total. The van der Waals surface area contributed by atoms with E-state index in [1.807, 2.05) is 48.5 Å². The smallest absolute Gasteiger partial charge is 0.276 e. The first-order valence-corrected chi connectivity index (χ1v) is 10.2. The molecule has 1 aliphatic carbocycles. The summed E-state index contributed by atoms with van der Waals surface area (Å²) in [6.45, 7) is 0.309. The zero-order valence-corrected chi connectivity index (χ0v) is 16.5. The maximum Gasteiger partial charge on any atom is 0.276 e. The largest absolute Gasteiger partial charge is 0.321 e. The Morgan fingerprint density at radius 3 is 2.47 bits per heavy atom. The van der Waals surface area contributed by atoms with Gasteiger partial charge in [-0.25, -0.2) is 4.68 Å². The van der Waals surface area contributed by atoms with Gasteiger partial charge in [-0.2, -0.15) is 5.10 Å². The number of hydrogen-bond acceptors (Lipinski definition) is 3. The Morgan fingerprint density at radius 1 is 0.900 bits per heavy atom. The van der Waals surface area contributed by atoms with Crippen molar-refractivity contribution in [2.24, 2.45) is 0 Å². The summed E-state index contributed by atoms with van der Waals surface area (Å²) in [5, 5.41) is 8.48. The topological polar surface area (TPSA) is 64.0 Å². The quantitative estimate of drug-likeness (QED) is 0.564. The van der Waals surface area contributed by atoms with Crippen LogP contribution in [-0.4, -0.2) is 15.7 Å². The van der Waals surface area contributed by atoms with E-state index >= 15 is 0 Å². The zero-order valence-electron chi connectivity index (χ0n) is 16.5. The molecule has 1 heterocycles. The number of carbonyl (C=O) groups excluding carboxylic acids is 1. The molecule has 5 rings (SSSR count). The second kappa shape index (κ2) is 7.59. The maximum atomic E-state index is 13.2. The number of hydrogen-bond donors (Lipinski definition) is 1. The zero-order chi connectivity index (χ0) is 20.5. The molecule has 1 amide bonds. The van der Waals surface area contributed by atoms with Gasteiger partial charge >= 0.3 is 0 Å². The van der Waals surface area contributed by atoms with Crippen molar-refractivity contribution in [2.45, 2.75) is 25.8 Å². The number of rotatable bonds is 4.